The monoisotopic (exact) mass is 452 g/mol. The summed E-state index contributed by atoms with van der Waals surface area (Å²) in [6.07, 6.45) is 1.77. The average Bonchev–Trinajstić information content (AvgIpc) is 3.16. The van der Waals surface area contributed by atoms with Crippen LogP contribution in [0.5, 0.6) is 11.5 Å². The summed E-state index contributed by atoms with van der Waals surface area (Å²) in [6, 6.07) is 13.5. The van der Waals surface area contributed by atoms with Crippen molar-refractivity contribution in [3.63, 3.8) is 0 Å². The first-order valence-corrected chi connectivity index (χ1v) is 11.4. The molecule has 0 aliphatic heterocycles. The van der Waals surface area contributed by atoms with E-state index in [0.29, 0.717) is 35.6 Å². The summed E-state index contributed by atoms with van der Waals surface area (Å²) < 4.78 is 13.5. The third kappa shape index (κ3) is 6.13. The molecule has 0 atom stereocenters. The summed E-state index contributed by atoms with van der Waals surface area (Å²) in [5, 5.41) is 12.1. The molecule has 1 amide bonds. The highest BCUT2D eigenvalue weighted by Gasteiger charge is 2.15. The molecule has 0 unspecified atom stereocenters. The Morgan fingerprint density at radius 3 is 2.75 bits per heavy atom. The van der Waals surface area contributed by atoms with E-state index in [2.05, 4.69) is 28.2 Å². The highest BCUT2D eigenvalue weighted by atomic mass is 32.2. The molecule has 0 saturated carbocycles. The minimum Gasteiger partial charge on any atom is -0.492 e. The van der Waals surface area contributed by atoms with Gasteiger partial charge in [-0.05, 0) is 50.1 Å². The SMILES string of the molecule is C=CCn1c(COc2cc(C)ccc2C)nnc1SCC(=O)Nc1ccccc1OCC. The zero-order chi connectivity index (χ0) is 22.9. The fourth-order valence-electron chi connectivity index (χ4n) is 3.02. The van der Waals surface area contributed by atoms with Gasteiger partial charge < -0.3 is 14.8 Å². The number of rotatable bonds is 11. The van der Waals surface area contributed by atoms with Crippen molar-refractivity contribution in [3.05, 3.63) is 72.1 Å². The minimum absolute atomic E-state index is 0.150. The molecule has 2 aromatic carbocycles. The number of para-hydroxylation sites is 2. The number of hydrogen-bond acceptors (Lipinski definition) is 6. The molecule has 1 N–H and O–H groups in total. The average molecular weight is 453 g/mol. The quantitative estimate of drug-likeness (QED) is 0.333. The van der Waals surface area contributed by atoms with Crippen molar-refractivity contribution in [1.29, 1.82) is 0 Å². The second-order valence-electron chi connectivity index (χ2n) is 7.12. The highest BCUT2D eigenvalue weighted by molar-refractivity contribution is 7.99. The minimum atomic E-state index is -0.150. The normalized spacial score (nSPS) is 10.6. The molecule has 0 fully saturated rings. The van der Waals surface area contributed by atoms with Crippen molar-refractivity contribution in [2.24, 2.45) is 0 Å². The van der Waals surface area contributed by atoms with E-state index in [-0.39, 0.29) is 18.3 Å². The summed E-state index contributed by atoms with van der Waals surface area (Å²) in [7, 11) is 0. The van der Waals surface area contributed by atoms with Crippen LogP contribution in [0.4, 0.5) is 5.69 Å². The molecular weight excluding hydrogens is 424 g/mol. The maximum atomic E-state index is 12.5. The molecule has 3 rings (SSSR count). The fourth-order valence-corrected chi connectivity index (χ4v) is 3.78. The maximum absolute atomic E-state index is 12.5. The number of aryl methyl sites for hydroxylation is 2. The molecule has 0 aliphatic rings. The lowest BCUT2D eigenvalue weighted by atomic mass is 10.1. The van der Waals surface area contributed by atoms with Crippen molar-refractivity contribution in [2.75, 3.05) is 17.7 Å². The standard InChI is InChI=1S/C24H28N4O3S/c1-5-13-28-22(15-31-21-14-17(3)11-12-18(21)4)26-27-24(28)32-16-23(29)25-19-9-7-8-10-20(19)30-6-2/h5,7-12,14H,1,6,13,15-16H2,2-4H3,(H,25,29). The fraction of sp³-hybridized carbons (Fsp3) is 0.292. The molecule has 8 heteroatoms. The van der Waals surface area contributed by atoms with E-state index in [9.17, 15) is 4.79 Å². The van der Waals surface area contributed by atoms with Crippen LogP contribution in [0.25, 0.3) is 0 Å². The first-order chi connectivity index (χ1) is 15.5. The number of hydrogen-bond donors (Lipinski definition) is 1. The Kier molecular flexibility index (Phi) is 8.33. The van der Waals surface area contributed by atoms with Crippen molar-refractivity contribution >= 4 is 23.4 Å². The molecule has 32 heavy (non-hydrogen) atoms. The molecule has 0 bridgehead atoms. The largest absolute Gasteiger partial charge is 0.492 e. The van der Waals surface area contributed by atoms with Gasteiger partial charge in [0, 0.05) is 6.54 Å². The van der Waals surface area contributed by atoms with E-state index in [0.717, 1.165) is 16.9 Å². The van der Waals surface area contributed by atoms with E-state index in [1.807, 2.05) is 61.7 Å². The second-order valence-corrected chi connectivity index (χ2v) is 8.06. The van der Waals surface area contributed by atoms with Gasteiger partial charge in [0.05, 0.1) is 18.0 Å². The van der Waals surface area contributed by atoms with Crippen molar-refractivity contribution < 1.29 is 14.3 Å². The van der Waals surface area contributed by atoms with Gasteiger partial charge in [0.2, 0.25) is 5.91 Å². The lowest BCUT2D eigenvalue weighted by Crippen LogP contribution is -2.15. The predicted octanol–water partition coefficient (Wildman–Crippen LogP) is 4.79. The molecule has 0 saturated heterocycles. The molecule has 3 aromatic rings. The van der Waals surface area contributed by atoms with Crippen LogP contribution in [-0.4, -0.2) is 33.0 Å². The van der Waals surface area contributed by atoms with Crippen LogP contribution >= 0.6 is 11.8 Å². The number of aromatic nitrogens is 3. The number of carbonyl (C=O) groups excluding carboxylic acids is 1. The van der Waals surface area contributed by atoms with Gasteiger partial charge in [0.1, 0.15) is 18.1 Å². The molecule has 1 aromatic heterocycles. The number of ether oxygens (including phenoxy) is 2. The topological polar surface area (TPSA) is 78.3 Å². The number of nitrogens with one attached hydrogen (secondary N) is 1. The van der Waals surface area contributed by atoms with Gasteiger partial charge in [-0.25, -0.2) is 0 Å². The van der Waals surface area contributed by atoms with E-state index in [1.165, 1.54) is 11.8 Å². The number of nitrogens with zero attached hydrogens (tertiary/aromatic N) is 3. The zero-order valence-corrected chi connectivity index (χ0v) is 19.4. The van der Waals surface area contributed by atoms with Crippen LogP contribution in [0.1, 0.15) is 23.9 Å². The van der Waals surface area contributed by atoms with Gasteiger partial charge in [0.15, 0.2) is 11.0 Å². The first kappa shape index (κ1) is 23.4. The molecule has 7 nitrogen and oxygen atoms in total. The lowest BCUT2D eigenvalue weighted by molar-refractivity contribution is -0.113. The third-order valence-electron chi connectivity index (χ3n) is 4.60. The van der Waals surface area contributed by atoms with Crippen LogP contribution < -0.4 is 14.8 Å². The molecule has 0 spiro atoms. The summed E-state index contributed by atoms with van der Waals surface area (Å²) in [5.41, 5.74) is 2.84. The Hall–Kier alpha value is -3.26. The smallest absolute Gasteiger partial charge is 0.234 e. The molecule has 1 heterocycles. The van der Waals surface area contributed by atoms with Gasteiger partial charge in [-0.2, -0.15) is 0 Å². The van der Waals surface area contributed by atoms with Crippen LogP contribution in [0.15, 0.2) is 60.3 Å². The molecule has 0 radical (unpaired) electrons. The molecular formula is C24H28N4O3S. The Morgan fingerprint density at radius 1 is 1.16 bits per heavy atom. The van der Waals surface area contributed by atoms with Crippen LogP contribution in [0.3, 0.4) is 0 Å². The Labute approximate surface area is 192 Å². The van der Waals surface area contributed by atoms with Crippen molar-refractivity contribution in [2.45, 2.75) is 39.1 Å². The predicted molar refractivity (Wildman–Crippen MR) is 127 cm³/mol. The third-order valence-corrected chi connectivity index (χ3v) is 5.57. The van der Waals surface area contributed by atoms with E-state index >= 15 is 0 Å². The van der Waals surface area contributed by atoms with Gasteiger partial charge in [-0.15, -0.1) is 16.8 Å². The number of amides is 1. The Balaban J connectivity index is 1.64. The van der Waals surface area contributed by atoms with Crippen LogP contribution in [-0.2, 0) is 17.9 Å². The molecule has 168 valence electrons. The maximum Gasteiger partial charge on any atom is 0.234 e. The number of allylic oxidation sites excluding steroid dienone is 1. The van der Waals surface area contributed by atoms with Crippen molar-refractivity contribution in [1.82, 2.24) is 14.8 Å². The van der Waals surface area contributed by atoms with Gasteiger partial charge in [-0.1, -0.05) is 42.1 Å². The number of benzene rings is 2. The summed E-state index contributed by atoms with van der Waals surface area (Å²) in [4.78, 5) is 12.5. The number of thioether (sulfide) groups is 1. The molecule has 0 aliphatic carbocycles. The first-order valence-electron chi connectivity index (χ1n) is 10.4. The summed E-state index contributed by atoms with van der Waals surface area (Å²) in [5.74, 6) is 2.18. The lowest BCUT2D eigenvalue weighted by Gasteiger charge is -2.12. The number of anilines is 1. The van der Waals surface area contributed by atoms with Gasteiger partial charge in [0.25, 0.3) is 0 Å². The van der Waals surface area contributed by atoms with Crippen molar-refractivity contribution in [3.8, 4) is 11.5 Å². The van der Waals surface area contributed by atoms with Crippen LogP contribution in [0, 0.1) is 13.8 Å². The van der Waals surface area contributed by atoms with E-state index in [4.69, 9.17) is 9.47 Å². The van der Waals surface area contributed by atoms with E-state index in [1.54, 1.807) is 6.08 Å². The Bertz CT molecular complexity index is 1080. The highest BCUT2D eigenvalue weighted by Crippen LogP contribution is 2.25. The summed E-state index contributed by atoms with van der Waals surface area (Å²) >= 11 is 1.31. The second kappa shape index (κ2) is 11.4. The zero-order valence-electron chi connectivity index (χ0n) is 18.6. The van der Waals surface area contributed by atoms with Gasteiger partial charge in [-0.3, -0.25) is 9.36 Å². The van der Waals surface area contributed by atoms with Crippen LogP contribution in [0.2, 0.25) is 0 Å². The Morgan fingerprint density at radius 2 is 1.97 bits per heavy atom. The summed E-state index contributed by atoms with van der Waals surface area (Å²) in [6.45, 7) is 11.1. The van der Waals surface area contributed by atoms with E-state index < -0.39 is 0 Å². The van der Waals surface area contributed by atoms with Gasteiger partial charge >= 0.3 is 0 Å². The number of carbonyl (C=O) groups is 1.